The first-order valence-corrected chi connectivity index (χ1v) is 6.91. The Morgan fingerprint density at radius 1 is 1.09 bits per heavy atom. The third-order valence-corrected chi connectivity index (χ3v) is 3.16. The van der Waals surface area contributed by atoms with Gasteiger partial charge in [0.15, 0.2) is 11.5 Å². The van der Waals surface area contributed by atoms with Crippen molar-refractivity contribution in [2.24, 2.45) is 0 Å². The summed E-state index contributed by atoms with van der Waals surface area (Å²) in [4.78, 5) is 11.9. The van der Waals surface area contributed by atoms with E-state index < -0.39 is 5.97 Å². The van der Waals surface area contributed by atoms with Gasteiger partial charge in [-0.1, -0.05) is 29.8 Å². The summed E-state index contributed by atoms with van der Waals surface area (Å²) >= 11 is 5.94. The van der Waals surface area contributed by atoms with Crippen LogP contribution in [0.3, 0.4) is 0 Å². The molecule has 22 heavy (non-hydrogen) atoms. The van der Waals surface area contributed by atoms with Crippen molar-refractivity contribution in [3.05, 3.63) is 53.1 Å². The first-order chi connectivity index (χ1) is 10.6. The molecule has 0 radical (unpaired) electrons. The predicted octanol–water partition coefficient (Wildman–Crippen LogP) is 3.29. The minimum atomic E-state index is -0.654. The molecule has 116 valence electrons. The molecule has 0 bridgehead atoms. The zero-order chi connectivity index (χ0) is 15.9. The summed E-state index contributed by atoms with van der Waals surface area (Å²) in [6.07, 6.45) is 0. The second kappa shape index (κ2) is 7.56. The zero-order valence-electron chi connectivity index (χ0n) is 11.9. The van der Waals surface area contributed by atoms with Crippen molar-refractivity contribution in [2.45, 2.75) is 0 Å². The molecule has 1 N–H and O–H groups in total. The van der Waals surface area contributed by atoms with E-state index in [1.165, 1.54) is 13.2 Å². The molecular weight excluding hydrogens is 308 g/mol. The fourth-order valence-corrected chi connectivity index (χ4v) is 1.97. The maximum atomic E-state index is 11.9. The van der Waals surface area contributed by atoms with E-state index in [2.05, 4.69) is 0 Å². The van der Waals surface area contributed by atoms with Gasteiger partial charge < -0.3 is 19.3 Å². The quantitative estimate of drug-likeness (QED) is 0.653. The standard InChI is InChI=1S/C16H15ClO5/c1-20-14-8-4-5-11(15(14)18)16(19)22-10-9-21-13-7-3-2-6-12(13)17/h2-8,18H,9-10H2,1H3. The second-order valence-electron chi connectivity index (χ2n) is 4.27. The van der Waals surface area contributed by atoms with Gasteiger partial charge in [0, 0.05) is 0 Å². The van der Waals surface area contributed by atoms with E-state index in [-0.39, 0.29) is 30.3 Å². The molecule has 0 heterocycles. The zero-order valence-corrected chi connectivity index (χ0v) is 12.7. The Bertz CT molecular complexity index is 657. The van der Waals surface area contributed by atoms with Gasteiger partial charge in [-0.2, -0.15) is 0 Å². The largest absolute Gasteiger partial charge is 0.504 e. The van der Waals surface area contributed by atoms with Gasteiger partial charge in [0.05, 0.1) is 12.1 Å². The molecule has 0 unspecified atom stereocenters. The molecule has 0 saturated heterocycles. The highest BCUT2D eigenvalue weighted by molar-refractivity contribution is 6.32. The van der Waals surface area contributed by atoms with E-state index in [0.717, 1.165) is 0 Å². The number of carbonyl (C=O) groups excluding carboxylic acids is 1. The highest BCUT2D eigenvalue weighted by atomic mass is 35.5. The number of benzene rings is 2. The summed E-state index contributed by atoms with van der Waals surface area (Å²) in [5.41, 5.74) is 0.0390. The Morgan fingerprint density at radius 3 is 2.55 bits per heavy atom. The maximum Gasteiger partial charge on any atom is 0.342 e. The molecule has 0 aliphatic rings. The fourth-order valence-electron chi connectivity index (χ4n) is 1.78. The number of ether oxygens (including phenoxy) is 3. The minimum Gasteiger partial charge on any atom is -0.504 e. The van der Waals surface area contributed by atoms with Crippen LogP contribution in [-0.2, 0) is 4.74 Å². The Morgan fingerprint density at radius 2 is 1.82 bits per heavy atom. The first kappa shape index (κ1) is 16.0. The van der Waals surface area contributed by atoms with Crippen molar-refractivity contribution in [1.82, 2.24) is 0 Å². The van der Waals surface area contributed by atoms with Crippen LogP contribution < -0.4 is 9.47 Å². The van der Waals surface area contributed by atoms with E-state index >= 15 is 0 Å². The Hall–Kier alpha value is -2.40. The summed E-state index contributed by atoms with van der Waals surface area (Å²) in [5.74, 6) is -0.174. The topological polar surface area (TPSA) is 65.0 Å². The molecule has 2 aromatic carbocycles. The van der Waals surface area contributed by atoms with Gasteiger partial charge in [-0.25, -0.2) is 4.79 Å². The van der Waals surface area contributed by atoms with Gasteiger partial charge in [0.1, 0.15) is 24.5 Å². The monoisotopic (exact) mass is 322 g/mol. The van der Waals surface area contributed by atoms with Crippen LogP contribution in [0.25, 0.3) is 0 Å². The number of halogens is 1. The molecule has 0 spiro atoms. The van der Waals surface area contributed by atoms with E-state index in [4.69, 9.17) is 25.8 Å². The van der Waals surface area contributed by atoms with Gasteiger partial charge in [-0.3, -0.25) is 0 Å². The number of phenolic OH excluding ortho intramolecular Hbond substituents is 1. The van der Waals surface area contributed by atoms with Crippen LogP contribution in [0.15, 0.2) is 42.5 Å². The second-order valence-corrected chi connectivity index (χ2v) is 4.68. The van der Waals surface area contributed by atoms with Gasteiger partial charge >= 0.3 is 5.97 Å². The van der Waals surface area contributed by atoms with Crippen molar-refractivity contribution >= 4 is 17.6 Å². The number of hydrogen-bond acceptors (Lipinski definition) is 5. The lowest BCUT2D eigenvalue weighted by atomic mass is 10.2. The molecule has 0 amide bonds. The van der Waals surface area contributed by atoms with Crippen LogP contribution in [0.1, 0.15) is 10.4 Å². The number of aromatic hydroxyl groups is 1. The molecule has 0 aliphatic carbocycles. The Kier molecular flexibility index (Phi) is 5.49. The van der Waals surface area contributed by atoms with Crippen molar-refractivity contribution in [3.8, 4) is 17.2 Å². The Balaban J connectivity index is 1.87. The van der Waals surface area contributed by atoms with Crippen LogP contribution in [0.2, 0.25) is 5.02 Å². The molecule has 6 heteroatoms. The van der Waals surface area contributed by atoms with Gasteiger partial charge in [-0.15, -0.1) is 0 Å². The highest BCUT2D eigenvalue weighted by Gasteiger charge is 2.16. The molecule has 0 aromatic heterocycles. The molecule has 0 fully saturated rings. The van der Waals surface area contributed by atoms with Crippen LogP contribution in [0.4, 0.5) is 0 Å². The summed E-state index contributed by atoms with van der Waals surface area (Å²) in [5, 5.41) is 10.3. The van der Waals surface area contributed by atoms with E-state index in [0.29, 0.717) is 10.8 Å². The summed E-state index contributed by atoms with van der Waals surface area (Å²) < 4.78 is 15.4. The minimum absolute atomic E-state index is 0.0285. The number of rotatable bonds is 6. The van der Waals surface area contributed by atoms with Crippen molar-refractivity contribution in [1.29, 1.82) is 0 Å². The summed E-state index contributed by atoms with van der Waals surface area (Å²) in [6, 6.07) is 11.6. The number of phenols is 1. The molecule has 2 aromatic rings. The molecule has 0 saturated carbocycles. The number of para-hydroxylation sites is 2. The molecule has 5 nitrogen and oxygen atoms in total. The highest BCUT2D eigenvalue weighted by Crippen LogP contribution is 2.29. The summed E-state index contributed by atoms with van der Waals surface area (Å²) in [7, 11) is 1.40. The van der Waals surface area contributed by atoms with Gasteiger partial charge in [0.25, 0.3) is 0 Å². The number of methoxy groups -OCH3 is 1. The van der Waals surface area contributed by atoms with E-state index in [1.807, 2.05) is 0 Å². The lowest BCUT2D eigenvalue weighted by Gasteiger charge is -2.10. The average molecular weight is 323 g/mol. The SMILES string of the molecule is COc1cccc(C(=O)OCCOc2ccccc2Cl)c1O. The predicted molar refractivity (Wildman–Crippen MR) is 81.9 cm³/mol. The molecular formula is C16H15ClO5. The number of hydrogen-bond donors (Lipinski definition) is 1. The molecule has 0 atom stereocenters. The normalized spacial score (nSPS) is 10.1. The van der Waals surface area contributed by atoms with Crippen molar-refractivity contribution < 1.29 is 24.1 Å². The van der Waals surface area contributed by atoms with Crippen molar-refractivity contribution in [3.63, 3.8) is 0 Å². The Labute approximate surface area is 133 Å². The lowest BCUT2D eigenvalue weighted by molar-refractivity contribution is 0.0446. The first-order valence-electron chi connectivity index (χ1n) is 6.54. The average Bonchev–Trinajstić information content (AvgIpc) is 2.53. The maximum absolute atomic E-state index is 11.9. The van der Waals surface area contributed by atoms with E-state index in [1.54, 1.807) is 36.4 Å². The number of esters is 1. The van der Waals surface area contributed by atoms with E-state index in [9.17, 15) is 9.90 Å². The third kappa shape index (κ3) is 3.83. The van der Waals surface area contributed by atoms with Crippen LogP contribution in [0.5, 0.6) is 17.2 Å². The fraction of sp³-hybridized carbons (Fsp3) is 0.188. The molecule has 0 aliphatic heterocycles. The van der Waals surface area contributed by atoms with Crippen LogP contribution in [0, 0.1) is 0 Å². The van der Waals surface area contributed by atoms with Crippen LogP contribution in [-0.4, -0.2) is 31.4 Å². The lowest BCUT2D eigenvalue weighted by Crippen LogP contribution is -2.12. The third-order valence-electron chi connectivity index (χ3n) is 2.85. The summed E-state index contributed by atoms with van der Waals surface area (Å²) in [6.45, 7) is 0.181. The van der Waals surface area contributed by atoms with Gasteiger partial charge in [0.2, 0.25) is 0 Å². The van der Waals surface area contributed by atoms with Crippen molar-refractivity contribution in [2.75, 3.05) is 20.3 Å². The van der Waals surface area contributed by atoms with Gasteiger partial charge in [-0.05, 0) is 24.3 Å². The smallest absolute Gasteiger partial charge is 0.342 e. The number of carbonyl (C=O) groups is 1. The van der Waals surface area contributed by atoms with Crippen LogP contribution >= 0.6 is 11.6 Å². The molecule has 2 rings (SSSR count).